The van der Waals surface area contributed by atoms with Crippen LogP contribution >= 0.6 is 0 Å². The van der Waals surface area contributed by atoms with Gasteiger partial charge < -0.3 is 10.1 Å². The van der Waals surface area contributed by atoms with E-state index in [9.17, 15) is 4.79 Å². The van der Waals surface area contributed by atoms with Crippen molar-refractivity contribution in [1.29, 1.82) is 0 Å². The van der Waals surface area contributed by atoms with Crippen LogP contribution in [0.4, 0.5) is 0 Å². The van der Waals surface area contributed by atoms with Crippen LogP contribution in [0.15, 0.2) is 42.5 Å². The Bertz CT molecular complexity index is 661. The number of ether oxygens (including phenoxy) is 1. The Balaban J connectivity index is 1.74. The molecule has 0 heterocycles. The maximum atomic E-state index is 12.3. The third kappa shape index (κ3) is 2.77. The van der Waals surface area contributed by atoms with Gasteiger partial charge in [-0.05, 0) is 55.2 Å². The Morgan fingerprint density at radius 1 is 1.19 bits per heavy atom. The number of hydrogen-bond acceptors (Lipinski definition) is 2. The van der Waals surface area contributed by atoms with Crippen molar-refractivity contribution >= 4 is 5.91 Å². The summed E-state index contributed by atoms with van der Waals surface area (Å²) in [5, 5.41) is 3.13. The average Bonchev–Trinajstić information content (AvgIpc) is 2.89. The van der Waals surface area contributed by atoms with E-state index in [1.165, 1.54) is 16.7 Å². The van der Waals surface area contributed by atoms with Gasteiger partial charge in [0.05, 0.1) is 13.2 Å². The number of carbonyl (C=O) groups excluding carboxylic acids is 1. The molecule has 1 aliphatic carbocycles. The molecule has 0 unspecified atom stereocenters. The molecule has 0 fully saturated rings. The normalized spacial score (nSPS) is 16.4. The fourth-order valence-electron chi connectivity index (χ4n) is 2.88. The quantitative estimate of drug-likeness (QED) is 0.936. The lowest BCUT2D eigenvalue weighted by molar-refractivity contribution is 0.0936. The van der Waals surface area contributed by atoms with E-state index in [4.69, 9.17) is 4.74 Å². The molecule has 0 radical (unpaired) electrons. The molecule has 0 bridgehead atoms. The molecule has 3 nitrogen and oxygen atoms in total. The van der Waals surface area contributed by atoms with E-state index >= 15 is 0 Å². The first kappa shape index (κ1) is 13.7. The molecule has 0 aliphatic heterocycles. The first-order valence-electron chi connectivity index (χ1n) is 7.22. The van der Waals surface area contributed by atoms with Crippen molar-refractivity contribution in [2.45, 2.75) is 25.8 Å². The first-order chi connectivity index (χ1) is 10.2. The molecule has 0 saturated carbocycles. The summed E-state index contributed by atoms with van der Waals surface area (Å²) in [5.74, 6) is 0.726. The van der Waals surface area contributed by atoms with Crippen molar-refractivity contribution in [3.05, 3.63) is 64.7 Å². The molecule has 1 amide bonds. The molecule has 1 atom stereocenters. The standard InChI is InChI=1S/C18H19NO2/c1-12-3-9-16-14(11-12)6-10-17(16)19-18(20)13-4-7-15(21-2)8-5-13/h3-5,7-9,11,17H,6,10H2,1-2H3,(H,19,20)/t17-/m0/s1. The highest BCUT2D eigenvalue weighted by Crippen LogP contribution is 2.31. The molecule has 21 heavy (non-hydrogen) atoms. The van der Waals surface area contributed by atoms with Gasteiger partial charge in [-0.3, -0.25) is 4.79 Å². The minimum atomic E-state index is -0.0314. The average molecular weight is 281 g/mol. The van der Waals surface area contributed by atoms with Crippen LogP contribution < -0.4 is 10.1 Å². The van der Waals surface area contributed by atoms with Crippen LogP contribution in [-0.4, -0.2) is 13.0 Å². The zero-order valence-corrected chi connectivity index (χ0v) is 12.3. The Hall–Kier alpha value is -2.29. The van der Waals surface area contributed by atoms with Gasteiger partial charge in [0.15, 0.2) is 0 Å². The highest BCUT2D eigenvalue weighted by atomic mass is 16.5. The Morgan fingerprint density at radius 3 is 2.67 bits per heavy atom. The topological polar surface area (TPSA) is 38.3 Å². The summed E-state index contributed by atoms with van der Waals surface area (Å²) in [5.41, 5.74) is 4.55. The highest BCUT2D eigenvalue weighted by Gasteiger charge is 2.24. The van der Waals surface area contributed by atoms with Crippen LogP contribution in [0.5, 0.6) is 5.75 Å². The summed E-state index contributed by atoms with van der Waals surface area (Å²) in [7, 11) is 1.62. The lowest BCUT2D eigenvalue weighted by Crippen LogP contribution is -2.27. The van der Waals surface area contributed by atoms with E-state index in [0.29, 0.717) is 5.56 Å². The molecular formula is C18H19NO2. The van der Waals surface area contributed by atoms with Crippen LogP contribution in [0.3, 0.4) is 0 Å². The fourth-order valence-corrected chi connectivity index (χ4v) is 2.88. The molecule has 1 aliphatic rings. The zero-order chi connectivity index (χ0) is 14.8. The first-order valence-corrected chi connectivity index (χ1v) is 7.22. The van der Waals surface area contributed by atoms with E-state index in [1.54, 1.807) is 31.4 Å². The summed E-state index contributed by atoms with van der Waals surface area (Å²) < 4.78 is 5.11. The Kier molecular flexibility index (Phi) is 3.65. The number of aryl methyl sites for hydroxylation is 2. The highest BCUT2D eigenvalue weighted by molar-refractivity contribution is 5.94. The Labute approximate surface area is 124 Å². The molecular weight excluding hydrogens is 262 g/mol. The van der Waals surface area contributed by atoms with Gasteiger partial charge in [-0.15, -0.1) is 0 Å². The molecule has 0 aromatic heterocycles. The monoisotopic (exact) mass is 281 g/mol. The molecule has 3 rings (SSSR count). The predicted octanol–water partition coefficient (Wildman–Crippen LogP) is 3.42. The van der Waals surface area contributed by atoms with Crippen molar-refractivity contribution in [3.63, 3.8) is 0 Å². The van der Waals surface area contributed by atoms with Gasteiger partial charge in [0.2, 0.25) is 0 Å². The summed E-state index contributed by atoms with van der Waals surface area (Å²) in [6, 6.07) is 13.8. The molecule has 0 spiro atoms. The molecule has 1 N–H and O–H groups in total. The second-order valence-corrected chi connectivity index (χ2v) is 5.50. The summed E-state index contributed by atoms with van der Waals surface area (Å²) in [6.45, 7) is 2.10. The second-order valence-electron chi connectivity index (χ2n) is 5.50. The van der Waals surface area contributed by atoms with Crippen LogP contribution in [0.25, 0.3) is 0 Å². The van der Waals surface area contributed by atoms with Crippen molar-refractivity contribution in [2.24, 2.45) is 0 Å². The van der Waals surface area contributed by atoms with E-state index < -0.39 is 0 Å². The smallest absolute Gasteiger partial charge is 0.251 e. The van der Waals surface area contributed by atoms with Gasteiger partial charge in [-0.25, -0.2) is 0 Å². The van der Waals surface area contributed by atoms with Crippen molar-refractivity contribution in [2.75, 3.05) is 7.11 Å². The summed E-state index contributed by atoms with van der Waals surface area (Å²) in [6.07, 6.45) is 2.01. The van der Waals surface area contributed by atoms with E-state index in [1.807, 2.05) is 0 Å². The van der Waals surface area contributed by atoms with Crippen molar-refractivity contribution in [3.8, 4) is 5.75 Å². The van der Waals surface area contributed by atoms with Gasteiger partial charge in [-0.2, -0.15) is 0 Å². The maximum Gasteiger partial charge on any atom is 0.251 e. The number of methoxy groups -OCH3 is 1. The van der Waals surface area contributed by atoms with E-state index in [2.05, 4.69) is 30.4 Å². The second kappa shape index (κ2) is 5.60. The maximum absolute atomic E-state index is 12.3. The number of carbonyl (C=O) groups is 1. The van der Waals surface area contributed by atoms with Gasteiger partial charge in [-0.1, -0.05) is 23.8 Å². The van der Waals surface area contributed by atoms with Crippen LogP contribution in [0.1, 0.15) is 39.5 Å². The minimum absolute atomic E-state index is 0.0314. The zero-order valence-electron chi connectivity index (χ0n) is 12.3. The van der Waals surface area contributed by atoms with Gasteiger partial charge in [0, 0.05) is 5.56 Å². The fraction of sp³-hybridized carbons (Fsp3) is 0.278. The largest absolute Gasteiger partial charge is 0.497 e. The van der Waals surface area contributed by atoms with Crippen molar-refractivity contribution in [1.82, 2.24) is 5.32 Å². The van der Waals surface area contributed by atoms with E-state index in [-0.39, 0.29) is 11.9 Å². The van der Waals surface area contributed by atoms with Crippen LogP contribution in [0.2, 0.25) is 0 Å². The minimum Gasteiger partial charge on any atom is -0.497 e. The summed E-state index contributed by atoms with van der Waals surface area (Å²) >= 11 is 0. The molecule has 2 aromatic rings. The third-order valence-electron chi connectivity index (χ3n) is 4.03. The summed E-state index contributed by atoms with van der Waals surface area (Å²) in [4.78, 5) is 12.3. The van der Waals surface area contributed by atoms with Gasteiger partial charge >= 0.3 is 0 Å². The molecule has 0 saturated heterocycles. The SMILES string of the molecule is COc1ccc(C(=O)N[C@H]2CCc3cc(C)ccc32)cc1. The molecule has 2 aromatic carbocycles. The van der Waals surface area contributed by atoms with Gasteiger partial charge in [0.1, 0.15) is 5.75 Å². The van der Waals surface area contributed by atoms with Crippen LogP contribution in [-0.2, 0) is 6.42 Å². The van der Waals surface area contributed by atoms with E-state index in [0.717, 1.165) is 18.6 Å². The lowest BCUT2D eigenvalue weighted by Gasteiger charge is -2.14. The van der Waals surface area contributed by atoms with Gasteiger partial charge in [0.25, 0.3) is 5.91 Å². The lowest BCUT2D eigenvalue weighted by atomic mass is 10.1. The van der Waals surface area contributed by atoms with Crippen LogP contribution in [0, 0.1) is 6.92 Å². The third-order valence-corrected chi connectivity index (χ3v) is 4.03. The molecule has 108 valence electrons. The number of amides is 1. The number of nitrogens with one attached hydrogen (secondary N) is 1. The Morgan fingerprint density at radius 2 is 1.95 bits per heavy atom. The predicted molar refractivity (Wildman–Crippen MR) is 82.7 cm³/mol. The number of rotatable bonds is 3. The number of hydrogen-bond donors (Lipinski definition) is 1. The molecule has 3 heteroatoms. The number of benzene rings is 2. The van der Waals surface area contributed by atoms with Crippen molar-refractivity contribution < 1.29 is 9.53 Å². The number of fused-ring (bicyclic) bond motifs is 1.